The van der Waals surface area contributed by atoms with Crippen LogP contribution in [0.5, 0.6) is 0 Å². The van der Waals surface area contributed by atoms with Gasteiger partial charge in [-0.1, -0.05) is 34.8 Å². The highest BCUT2D eigenvalue weighted by Gasteiger charge is 2.26. The number of carbonyl (C=O) groups is 1. The lowest BCUT2D eigenvalue weighted by Gasteiger charge is -2.28. The van der Waals surface area contributed by atoms with Gasteiger partial charge in [-0.3, -0.25) is 4.79 Å². The molecule has 1 saturated carbocycles. The monoisotopic (exact) mass is 320 g/mol. The number of amides is 1. The van der Waals surface area contributed by atoms with Crippen LogP contribution in [0.2, 0.25) is 0 Å². The van der Waals surface area contributed by atoms with Crippen LogP contribution < -0.4 is 0 Å². The van der Waals surface area contributed by atoms with Gasteiger partial charge in [0.15, 0.2) is 0 Å². The Morgan fingerprint density at radius 1 is 1.42 bits per heavy atom. The van der Waals surface area contributed by atoms with Gasteiger partial charge in [-0.25, -0.2) is 0 Å². The van der Waals surface area contributed by atoms with Crippen LogP contribution in [-0.4, -0.2) is 28.7 Å². The first-order valence-electron chi connectivity index (χ1n) is 6.63. The van der Waals surface area contributed by atoms with Crippen LogP contribution in [0.4, 0.5) is 0 Å². The molecule has 100 valence electrons. The molecule has 0 bridgehead atoms. The summed E-state index contributed by atoms with van der Waals surface area (Å²) in [7, 11) is 0. The molecule has 1 aromatic carbocycles. The molecule has 4 heteroatoms. The lowest BCUT2D eigenvalue weighted by atomic mass is 10.1. The maximum absolute atomic E-state index is 12.6. The van der Waals surface area contributed by atoms with E-state index in [1.807, 2.05) is 4.90 Å². The van der Waals surface area contributed by atoms with Gasteiger partial charge in [0.25, 0.3) is 5.91 Å². The summed E-state index contributed by atoms with van der Waals surface area (Å²) in [6.07, 6.45) is 4.59. The fourth-order valence-electron chi connectivity index (χ4n) is 2.64. The van der Waals surface area contributed by atoms with Crippen LogP contribution in [0.1, 0.15) is 41.6 Å². The van der Waals surface area contributed by atoms with Crippen LogP contribution in [0.25, 0.3) is 0 Å². The van der Waals surface area contributed by atoms with Crippen LogP contribution in [0.3, 0.4) is 0 Å². The Bertz CT molecular complexity index is 489. The molecule has 0 heterocycles. The standard InChI is InChI=1S/C15H17BrN2O/c16-8-9-18(14-6-1-2-7-14)15(19)13-5-3-4-12(10-13)11-17/h3-5,10,14H,1-2,6-9H2. The van der Waals surface area contributed by atoms with Gasteiger partial charge in [0.2, 0.25) is 0 Å². The third-order valence-corrected chi connectivity index (χ3v) is 3.95. The van der Waals surface area contributed by atoms with Crippen molar-refractivity contribution in [1.29, 1.82) is 5.26 Å². The molecule has 0 aliphatic heterocycles. The van der Waals surface area contributed by atoms with Gasteiger partial charge in [-0.2, -0.15) is 5.26 Å². The van der Waals surface area contributed by atoms with Gasteiger partial charge < -0.3 is 4.90 Å². The van der Waals surface area contributed by atoms with Crippen molar-refractivity contribution in [2.24, 2.45) is 0 Å². The minimum atomic E-state index is 0.0449. The van der Waals surface area contributed by atoms with E-state index in [1.54, 1.807) is 24.3 Å². The van der Waals surface area contributed by atoms with E-state index in [0.29, 0.717) is 17.2 Å². The zero-order valence-corrected chi connectivity index (χ0v) is 12.4. The molecule has 0 aromatic heterocycles. The van der Waals surface area contributed by atoms with Crippen LogP contribution in [0.15, 0.2) is 24.3 Å². The van der Waals surface area contributed by atoms with Crippen molar-refractivity contribution in [3.8, 4) is 6.07 Å². The third-order valence-electron chi connectivity index (χ3n) is 3.59. The van der Waals surface area contributed by atoms with Crippen LogP contribution in [-0.2, 0) is 0 Å². The largest absolute Gasteiger partial charge is 0.335 e. The Morgan fingerprint density at radius 2 is 2.16 bits per heavy atom. The predicted octanol–water partition coefficient (Wildman–Crippen LogP) is 3.34. The van der Waals surface area contributed by atoms with E-state index < -0.39 is 0 Å². The van der Waals surface area contributed by atoms with Gasteiger partial charge in [-0.15, -0.1) is 0 Å². The van der Waals surface area contributed by atoms with Crippen molar-refractivity contribution in [3.63, 3.8) is 0 Å². The summed E-state index contributed by atoms with van der Waals surface area (Å²) in [6, 6.07) is 9.40. The molecule has 1 fully saturated rings. The summed E-state index contributed by atoms with van der Waals surface area (Å²) in [4.78, 5) is 14.5. The van der Waals surface area contributed by atoms with Gasteiger partial charge in [0.05, 0.1) is 11.6 Å². The molecule has 0 saturated heterocycles. The Morgan fingerprint density at radius 3 is 2.79 bits per heavy atom. The fraction of sp³-hybridized carbons (Fsp3) is 0.467. The maximum Gasteiger partial charge on any atom is 0.254 e. The molecule has 1 aliphatic rings. The number of nitriles is 1. The van der Waals surface area contributed by atoms with E-state index in [4.69, 9.17) is 5.26 Å². The molecule has 2 rings (SSSR count). The normalized spacial score (nSPS) is 15.2. The highest BCUT2D eigenvalue weighted by molar-refractivity contribution is 9.09. The van der Waals surface area contributed by atoms with Crippen LogP contribution in [0, 0.1) is 11.3 Å². The van der Waals surface area contributed by atoms with E-state index in [2.05, 4.69) is 22.0 Å². The molecule has 1 amide bonds. The number of alkyl halides is 1. The van der Waals surface area contributed by atoms with Gasteiger partial charge in [0, 0.05) is 23.5 Å². The second kappa shape index (κ2) is 6.72. The molecular weight excluding hydrogens is 304 g/mol. The summed E-state index contributed by atoms with van der Waals surface area (Å²) in [6.45, 7) is 0.723. The smallest absolute Gasteiger partial charge is 0.254 e. The number of rotatable bonds is 4. The van der Waals surface area contributed by atoms with Gasteiger partial charge >= 0.3 is 0 Å². The average molecular weight is 321 g/mol. The summed E-state index contributed by atoms with van der Waals surface area (Å²) in [5.41, 5.74) is 1.16. The summed E-state index contributed by atoms with van der Waals surface area (Å²) in [5.74, 6) is 0.0449. The van der Waals surface area contributed by atoms with Crippen molar-refractivity contribution in [3.05, 3.63) is 35.4 Å². The molecule has 0 unspecified atom stereocenters. The second-order valence-electron chi connectivity index (χ2n) is 4.82. The van der Waals surface area contributed by atoms with Crippen molar-refractivity contribution >= 4 is 21.8 Å². The molecule has 0 N–H and O–H groups in total. The maximum atomic E-state index is 12.6. The van der Waals surface area contributed by atoms with E-state index in [9.17, 15) is 4.79 Å². The zero-order chi connectivity index (χ0) is 13.7. The molecule has 1 aromatic rings. The summed E-state index contributed by atoms with van der Waals surface area (Å²) in [5, 5.41) is 9.70. The van der Waals surface area contributed by atoms with Gasteiger partial charge in [-0.05, 0) is 31.0 Å². The molecule has 0 atom stereocenters. The Hall–Kier alpha value is -1.34. The first kappa shape index (κ1) is 14.1. The van der Waals surface area contributed by atoms with Crippen molar-refractivity contribution < 1.29 is 4.79 Å². The Kier molecular flexibility index (Phi) is 4.98. The molecular formula is C15H17BrN2O. The SMILES string of the molecule is N#Cc1cccc(C(=O)N(CCBr)C2CCCC2)c1. The van der Waals surface area contributed by atoms with E-state index >= 15 is 0 Å². The number of carbonyl (C=O) groups excluding carboxylic acids is 1. The highest BCUT2D eigenvalue weighted by Crippen LogP contribution is 2.25. The Balaban J connectivity index is 2.20. The first-order valence-corrected chi connectivity index (χ1v) is 7.75. The van der Waals surface area contributed by atoms with Crippen molar-refractivity contribution in [1.82, 2.24) is 4.90 Å². The number of halogens is 1. The topological polar surface area (TPSA) is 44.1 Å². The van der Waals surface area contributed by atoms with Crippen molar-refractivity contribution in [2.45, 2.75) is 31.7 Å². The molecule has 3 nitrogen and oxygen atoms in total. The highest BCUT2D eigenvalue weighted by atomic mass is 79.9. The first-order chi connectivity index (χ1) is 9.26. The van der Waals surface area contributed by atoms with Crippen LogP contribution >= 0.6 is 15.9 Å². The number of nitrogens with zero attached hydrogens (tertiary/aromatic N) is 2. The van der Waals surface area contributed by atoms with E-state index in [1.165, 1.54) is 12.8 Å². The molecule has 0 spiro atoms. The minimum Gasteiger partial charge on any atom is -0.335 e. The molecule has 19 heavy (non-hydrogen) atoms. The van der Waals surface area contributed by atoms with Crippen molar-refractivity contribution in [2.75, 3.05) is 11.9 Å². The minimum absolute atomic E-state index is 0.0449. The molecule has 1 aliphatic carbocycles. The molecule has 0 radical (unpaired) electrons. The second-order valence-corrected chi connectivity index (χ2v) is 5.61. The predicted molar refractivity (Wildman–Crippen MR) is 78.2 cm³/mol. The average Bonchev–Trinajstić information content (AvgIpc) is 2.98. The zero-order valence-electron chi connectivity index (χ0n) is 10.8. The summed E-state index contributed by atoms with van der Waals surface area (Å²) >= 11 is 3.42. The summed E-state index contributed by atoms with van der Waals surface area (Å²) < 4.78 is 0. The van der Waals surface area contributed by atoms with E-state index in [0.717, 1.165) is 24.7 Å². The fourth-order valence-corrected chi connectivity index (χ4v) is 3.03. The van der Waals surface area contributed by atoms with Gasteiger partial charge in [0.1, 0.15) is 0 Å². The number of hydrogen-bond acceptors (Lipinski definition) is 2. The third kappa shape index (κ3) is 3.36. The number of hydrogen-bond donors (Lipinski definition) is 0. The van der Waals surface area contributed by atoms with E-state index in [-0.39, 0.29) is 5.91 Å². The quantitative estimate of drug-likeness (QED) is 0.798. The Labute approximate surface area is 122 Å². The lowest BCUT2D eigenvalue weighted by molar-refractivity contribution is 0.0696. The lowest BCUT2D eigenvalue weighted by Crippen LogP contribution is -2.40. The number of benzene rings is 1.